The number of halogens is 3. The van der Waals surface area contributed by atoms with Crippen molar-refractivity contribution in [2.45, 2.75) is 32.0 Å². The summed E-state index contributed by atoms with van der Waals surface area (Å²) in [6.45, 7) is 5.79. The van der Waals surface area contributed by atoms with E-state index in [1.54, 1.807) is 11.0 Å². The molecule has 5 heterocycles. The fraction of sp³-hybridized carbons (Fsp3) is 0.500. The Morgan fingerprint density at radius 2 is 1.86 bits per heavy atom. The highest BCUT2D eigenvalue weighted by Crippen LogP contribution is 2.43. The molecule has 1 aromatic carbocycles. The van der Waals surface area contributed by atoms with E-state index in [2.05, 4.69) is 31.9 Å². The molecule has 3 fully saturated rings. The van der Waals surface area contributed by atoms with Crippen LogP contribution < -0.4 is 9.80 Å². The van der Waals surface area contributed by atoms with Crippen molar-refractivity contribution in [2.75, 3.05) is 55.7 Å². The summed E-state index contributed by atoms with van der Waals surface area (Å²) in [6.07, 6.45) is -1.59. The fourth-order valence-corrected chi connectivity index (χ4v) is 6.89. The summed E-state index contributed by atoms with van der Waals surface area (Å²) in [7, 11) is 0. The third-order valence-electron chi connectivity index (χ3n) is 7.63. The zero-order valence-corrected chi connectivity index (χ0v) is 21.2. The lowest BCUT2D eigenvalue weighted by Crippen LogP contribution is -2.41. The smallest absolute Gasteiger partial charge is 0.370 e. The van der Waals surface area contributed by atoms with Crippen LogP contribution in [-0.4, -0.2) is 72.9 Å². The van der Waals surface area contributed by atoms with E-state index in [0.717, 1.165) is 73.8 Å². The summed E-state index contributed by atoms with van der Waals surface area (Å²) >= 11 is 1.10. The number of carbonyl (C=O) groups is 1. The van der Waals surface area contributed by atoms with Gasteiger partial charge >= 0.3 is 6.18 Å². The molecule has 1 unspecified atom stereocenters. The number of rotatable bonds is 5. The zero-order chi connectivity index (χ0) is 25.6. The number of thiophene rings is 1. The molecule has 3 aliphatic rings. The minimum atomic E-state index is -4.24. The number of carbonyl (C=O) groups excluding carboxylic acids is 1. The molecule has 196 valence electrons. The lowest BCUT2D eigenvalue weighted by atomic mass is 9.86. The number of fused-ring (bicyclic) bond motifs is 1. The number of morpholine rings is 1. The predicted molar refractivity (Wildman–Crippen MR) is 136 cm³/mol. The molecule has 6 rings (SSSR count). The molecule has 2 aromatic heterocycles. The Labute approximate surface area is 216 Å². The summed E-state index contributed by atoms with van der Waals surface area (Å²) in [5.41, 5.74) is 2.27. The molecule has 0 bridgehead atoms. The van der Waals surface area contributed by atoms with E-state index in [-0.39, 0.29) is 22.8 Å². The number of amides is 1. The van der Waals surface area contributed by atoms with Gasteiger partial charge in [-0.05, 0) is 43.1 Å². The monoisotopic (exact) mass is 531 g/mol. The standard InChI is InChI=1S/C26H28F3N5O2S/c27-26(28,29)12-20-11-21-23(30-17-31-24(21)37-20)33-8-6-25(16-33)5-7-32(15-25)13-18-1-3-19(4-2-18)34-9-10-36-14-22(34)35/h1-4,11,17H,5-10,12-16H2. The molecule has 3 aromatic rings. The lowest BCUT2D eigenvalue weighted by molar-refractivity contribution is -0.127. The van der Waals surface area contributed by atoms with Crippen molar-refractivity contribution in [1.82, 2.24) is 14.9 Å². The van der Waals surface area contributed by atoms with Gasteiger partial charge in [0.05, 0.1) is 18.4 Å². The molecule has 0 aliphatic carbocycles. The minimum Gasteiger partial charge on any atom is -0.370 e. The van der Waals surface area contributed by atoms with Crippen molar-refractivity contribution in [3.8, 4) is 0 Å². The maximum atomic E-state index is 12.9. The van der Waals surface area contributed by atoms with E-state index in [0.29, 0.717) is 18.0 Å². The molecule has 7 nitrogen and oxygen atoms in total. The molecule has 3 aliphatic heterocycles. The number of likely N-dealkylation sites (tertiary alicyclic amines) is 1. The highest BCUT2D eigenvalue weighted by Gasteiger charge is 2.44. The van der Waals surface area contributed by atoms with E-state index < -0.39 is 12.6 Å². The van der Waals surface area contributed by atoms with Gasteiger partial charge in [0.25, 0.3) is 5.91 Å². The average Bonchev–Trinajstić information content (AvgIpc) is 3.57. The molecule has 1 atom stereocenters. The van der Waals surface area contributed by atoms with Crippen molar-refractivity contribution in [2.24, 2.45) is 5.41 Å². The lowest BCUT2D eigenvalue weighted by Gasteiger charge is -2.27. The van der Waals surface area contributed by atoms with Gasteiger partial charge in [0, 0.05) is 48.7 Å². The third kappa shape index (κ3) is 5.17. The molecule has 3 saturated heterocycles. The van der Waals surface area contributed by atoms with Crippen molar-refractivity contribution < 1.29 is 22.7 Å². The van der Waals surface area contributed by atoms with Gasteiger partial charge in [0.1, 0.15) is 23.6 Å². The van der Waals surface area contributed by atoms with E-state index in [1.807, 2.05) is 12.1 Å². The summed E-state index contributed by atoms with van der Waals surface area (Å²) < 4.78 is 44.0. The Balaban J connectivity index is 1.10. The number of ether oxygens (including phenoxy) is 1. The number of benzene rings is 1. The van der Waals surface area contributed by atoms with Crippen LogP contribution in [0.25, 0.3) is 10.2 Å². The molecule has 0 N–H and O–H groups in total. The first-order valence-corrected chi connectivity index (χ1v) is 13.3. The summed E-state index contributed by atoms with van der Waals surface area (Å²) in [5.74, 6) is 0.740. The van der Waals surface area contributed by atoms with Crippen molar-refractivity contribution >= 4 is 39.0 Å². The number of hydrogen-bond donors (Lipinski definition) is 0. The topological polar surface area (TPSA) is 61.8 Å². The molecule has 1 amide bonds. The summed E-state index contributed by atoms with van der Waals surface area (Å²) in [4.78, 5) is 28.2. The molecule has 0 radical (unpaired) electrons. The molecular formula is C26H28F3N5O2S. The number of anilines is 2. The Bertz CT molecular complexity index is 1300. The van der Waals surface area contributed by atoms with Crippen LogP contribution in [0.2, 0.25) is 0 Å². The number of hydrogen-bond acceptors (Lipinski definition) is 7. The molecule has 0 saturated carbocycles. The van der Waals surface area contributed by atoms with E-state index in [1.165, 1.54) is 11.9 Å². The molecular weight excluding hydrogens is 503 g/mol. The number of alkyl halides is 3. The minimum absolute atomic E-state index is 0.00809. The van der Waals surface area contributed by atoms with Crippen LogP contribution in [-0.2, 0) is 22.5 Å². The second-order valence-corrected chi connectivity index (χ2v) is 11.4. The summed E-state index contributed by atoms with van der Waals surface area (Å²) in [6, 6.07) is 9.82. The summed E-state index contributed by atoms with van der Waals surface area (Å²) in [5, 5.41) is 0.720. The Morgan fingerprint density at radius 1 is 1.05 bits per heavy atom. The van der Waals surface area contributed by atoms with Gasteiger partial charge in [-0.15, -0.1) is 11.3 Å². The predicted octanol–water partition coefficient (Wildman–Crippen LogP) is 4.26. The van der Waals surface area contributed by atoms with Crippen molar-refractivity contribution in [1.29, 1.82) is 0 Å². The van der Waals surface area contributed by atoms with Crippen LogP contribution in [0.3, 0.4) is 0 Å². The Kier molecular flexibility index (Phi) is 6.32. The second-order valence-electron chi connectivity index (χ2n) is 10.3. The zero-order valence-electron chi connectivity index (χ0n) is 20.3. The Hall–Kier alpha value is -2.76. The highest BCUT2D eigenvalue weighted by atomic mass is 32.1. The van der Waals surface area contributed by atoms with E-state index in [9.17, 15) is 18.0 Å². The van der Waals surface area contributed by atoms with Gasteiger partial charge < -0.3 is 14.5 Å². The van der Waals surface area contributed by atoms with Crippen LogP contribution >= 0.6 is 11.3 Å². The van der Waals surface area contributed by atoms with Gasteiger partial charge in [0.15, 0.2) is 0 Å². The molecule has 11 heteroatoms. The highest BCUT2D eigenvalue weighted by molar-refractivity contribution is 7.18. The van der Waals surface area contributed by atoms with Gasteiger partial charge in [-0.25, -0.2) is 9.97 Å². The first-order chi connectivity index (χ1) is 17.8. The van der Waals surface area contributed by atoms with Gasteiger partial charge in [-0.2, -0.15) is 13.2 Å². The first kappa shape index (κ1) is 24.6. The van der Waals surface area contributed by atoms with Crippen LogP contribution in [0.15, 0.2) is 36.7 Å². The van der Waals surface area contributed by atoms with Gasteiger partial charge in [-0.3, -0.25) is 9.69 Å². The van der Waals surface area contributed by atoms with Gasteiger partial charge in [-0.1, -0.05) is 12.1 Å². The fourth-order valence-electron chi connectivity index (χ4n) is 5.87. The van der Waals surface area contributed by atoms with Crippen molar-refractivity contribution in [3.05, 3.63) is 47.1 Å². The number of aromatic nitrogens is 2. The van der Waals surface area contributed by atoms with Crippen LogP contribution in [0.4, 0.5) is 24.7 Å². The third-order valence-corrected chi connectivity index (χ3v) is 8.67. The van der Waals surface area contributed by atoms with Gasteiger partial charge in [0.2, 0.25) is 0 Å². The van der Waals surface area contributed by atoms with Crippen LogP contribution in [0, 0.1) is 5.41 Å². The quantitative estimate of drug-likeness (QED) is 0.491. The largest absolute Gasteiger partial charge is 0.393 e. The SMILES string of the molecule is O=C1COCCN1c1ccc(CN2CCC3(CCN(c4ncnc5sc(CC(F)(F)F)cc45)C3)C2)cc1. The van der Waals surface area contributed by atoms with Crippen molar-refractivity contribution in [3.63, 3.8) is 0 Å². The molecule has 1 spiro atoms. The maximum absolute atomic E-state index is 12.9. The average molecular weight is 532 g/mol. The maximum Gasteiger partial charge on any atom is 0.393 e. The second kappa shape index (κ2) is 9.52. The Morgan fingerprint density at radius 3 is 2.65 bits per heavy atom. The first-order valence-electron chi connectivity index (χ1n) is 12.5. The van der Waals surface area contributed by atoms with Crippen LogP contribution in [0.1, 0.15) is 23.3 Å². The van der Waals surface area contributed by atoms with E-state index >= 15 is 0 Å². The number of nitrogens with zero attached hydrogens (tertiary/aromatic N) is 5. The van der Waals surface area contributed by atoms with E-state index in [4.69, 9.17) is 4.74 Å². The normalized spacial score (nSPS) is 23.2. The van der Waals surface area contributed by atoms with Crippen LogP contribution in [0.5, 0.6) is 0 Å². The molecule has 37 heavy (non-hydrogen) atoms.